The zero-order valence-corrected chi connectivity index (χ0v) is 11.1. The van der Waals surface area contributed by atoms with Crippen LogP contribution in [0.5, 0.6) is 0 Å². The highest BCUT2D eigenvalue weighted by molar-refractivity contribution is 8.04. The average Bonchev–Trinajstić information content (AvgIpc) is 2.77. The maximum Gasteiger partial charge on any atom is 0.0309 e. The van der Waals surface area contributed by atoms with Crippen molar-refractivity contribution in [3.8, 4) is 0 Å². The van der Waals surface area contributed by atoms with Gasteiger partial charge < -0.3 is 0 Å². The van der Waals surface area contributed by atoms with Gasteiger partial charge in [-0.25, -0.2) is 0 Å². The Hall–Kier alpha value is -0.950. The van der Waals surface area contributed by atoms with Crippen LogP contribution in [0, 0.1) is 0 Å². The minimum absolute atomic E-state index is 0.648. The Balaban J connectivity index is 0.000000606. The predicted molar refractivity (Wildman–Crippen MR) is 76.6 cm³/mol. The molecule has 0 radical (unpaired) electrons. The molecular weight excluding hydrogens is 212 g/mol. The molecule has 0 saturated carbocycles. The summed E-state index contributed by atoms with van der Waals surface area (Å²) in [6.45, 7) is 6.18. The molecule has 2 rings (SSSR count). The standard InChI is InChI=1S/C13H14S.C2H6/c1-11-7-9-13(14-11)10-8-12-5-3-2-4-6-12;1-2/h2-8,10,13H,9H2,1H3;1-2H3/b10-8+;. The van der Waals surface area contributed by atoms with Crippen molar-refractivity contribution < 1.29 is 0 Å². The van der Waals surface area contributed by atoms with Gasteiger partial charge in [-0.3, -0.25) is 0 Å². The van der Waals surface area contributed by atoms with Gasteiger partial charge in [0.25, 0.3) is 0 Å². The molecule has 0 aromatic heterocycles. The highest BCUT2D eigenvalue weighted by atomic mass is 32.2. The molecule has 1 aliphatic rings. The number of hydrogen-bond acceptors (Lipinski definition) is 1. The molecule has 0 saturated heterocycles. The Kier molecular flexibility index (Phi) is 6.02. The lowest BCUT2D eigenvalue weighted by atomic mass is 10.2. The second kappa shape index (κ2) is 7.34. The molecule has 1 unspecified atom stereocenters. The van der Waals surface area contributed by atoms with Gasteiger partial charge in [-0.2, -0.15) is 0 Å². The maximum absolute atomic E-state index is 2.31. The summed E-state index contributed by atoms with van der Waals surface area (Å²) in [5.74, 6) is 0. The van der Waals surface area contributed by atoms with Gasteiger partial charge in [0.2, 0.25) is 0 Å². The van der Waals surface area contributed by atoms with Crippen molar-refractivity contribution in [3.63, 3.8) is 0 Å². The number of thioether (sulfide) groups is 1. The number of rotatable bonds is 2. The minimum Gasteiger partial charge on any atom is -0.123 e. The van der Waals surface area contributed by atoms with E-state index >= 15 is 0 Å². The molecular formula is C15H20S. The number of allylic oxidation sites excluding steroid dienone is 2. The summed E-state index contributed by atoms with van der Waals surface area (Å²) in [5.41, 5.74) is 1.29. The lowest BCUT2D eigenvalue weighted by Crippen LogP contribution is -1.89. The molecule has 1 atom stereocenters. The van der Waals surface area contributed by atoms with E-state index in [2.05, 4.69) is 49.4 Å². The Morgan fingerprint density at radius 2 is 1.88 bits per heavy atom. The normalized spacial score (nSPS) is 19.2. The van der Waals surface area contributed by atoms with E-state index in [1.807, 2.05) is 31.7 Å². The van der Waals surface area contributed by atoms with Crippen LogP contribution in [0.1, 0.15) is 32.8 Å². The molecule has 86 valence electrons. The molecule has 0 spiro atoms. The van der Waals surface area contributed by atoms with E-state index in [1.54, 1.807) is 0 Å². The van der Waals surface area contributed by atoms with E-state index in [4.69, 9.17) is 0 Å². The predicted octanol–water partition coefficient (Wildman–Crippen LogP) is 5.14. The Bertz CT molecular complexity index is 349. The van der Waals surface area contributed by atoms with Crippen molar-refractivity contribution in [2.45, 2.75) is 32.4 Å². The summed E-state index contributed by atoms with van der Waals surface area (Å²) < 4.78 is 0. The smallest absolute Gasteiger partial charge is 0.0309 e. The fourth-order valence-electron chi connectivity index (χ4n) is 1.52. The molecule has 0 amide bonds. The first-order valence-electron chi connectivity index (χ1n) is 5.91. The number of benzene rings is 1. The van der Waals surface area contributed by atoms with Gasteiger partial charge in [0.05, 0.1) is 0 Å². The van der Waals surface area contributed by atoms with E-state index in [9.17, 15) is 0 Å². The fraction of sp³-hybridized carbons (Fsp3) is 0.333. The first-order valence-corrected chi connectivity index (χ1v) is 6.79. The molecule has 1 aromatic carbocycles. The van der Waals surface area contributed by atoms with Gasteiger partial charge in [-0.05, 0) is 23.8 Å². The molecule has 1 aliphatic heterocycles. The molecule has 0 bridgehead atoms. The summed E-state index contributed by atoms with van der Waals surface area (Å²) >= 11 is 1.96. The third-order valence-electron chi connectivity index (χ3n) is 2.28. The largest absolute Gasteiger partial charge is 0.123 e. The van der Waals surface area contributed by atoms with Crippen LogP contribution in [0.15, 0.2) is 47.4 Å². The summed E-state index contributed by atoms with van der Waals surface area (Å²) in [5, 5.41) is 0.648. The van der Waals surface area contributed by atoms with E-state index in [1.165, 1.54) is 16.9 Å². The highest BCUT2D eigenvalue weighted by Crippen LogP contribution is 2.32. The van der Waals surface area contributed by atoms with Crippen molar-refractivity contribution in [1.29, 1.82) is 0 Å². The first-order chi connectivity index (χ1) is 7.84. The fourth-order valence-corrected chi connectivity index (χ4v) is 2.54. The maximum atomic E-state index is 2.31. The number of hydrogen-bond donors (Lipinski definition) is 0. The topological polar surface area (TPSA) is 0 Å². The van der Waals surface area contributed by atoms with E-state index < -0.39 is 0 Å². The van der Waals surface area contributed by atoms with Gasteiger partial charge in [-0.1, -0.05) is 62.4 Å². The van der Waals surface area contributed by atoms with Crippen molar-refractivity contribution in [2.75, 3.05) is 0 Å². The Morgan fingerprint density at radius 3 is 2.44 bits per heavy atom. The summed E-state index contributed by atoms with van der Waals surface area (Å²) in [6, 6.07) is 10.5. The highest BCUT2D eigenvalue weighted by Gasteiger charge is 2.10. The van der Waals surface area contributed by atoms with Gasteiger partial charge in [-0.15, -0.1) is 11.8 Å². The first kappa shape index (κ1) is 13.1. The third-order valence-corrected chi connectivity index (χ3v) is 3.47. The average molecular weight is 232 g/mol. The van der Waals surface area contributed by atoms with Crippen molar-refractivity contribution >= 4 is 17.8 Å². The molecule has 0 nitrogen and oxygen atoms in total. The van der Waals surface area contributed by atoms with Crippen molar-refractivity contribution in [2.24, 2.45) is 0 Å². The quantitative estimate of drug-likeness (QED) is 0.680. The molecule has 1 aromatic rings. The lowest BCUT2D eigenvalue weighted by Gasteiger charge is -2.01. The van der Waals surface area contributed by atoms with Gasteiger partial charge in [0.1, 0.15) is 0 Å². The zero-order valence-electron chi connectivity index (χ0n) is 10.3. The van der Waals surface area contributed by atoms with Crippen molar-refractivity contribution in [3.05, 3.63) is 53.0 Å². The molecule has 0 fully saturated rings. The van der Waals surface area contributed by atoms with E-state index in [0.29, 0.717) is 5.25 Å². The van der Waals surface area contributed by atoms with Crippen LogP contribution in [0.2, 0.25) is 0 Å². The Labute approximate surface area is 103 Å². The summed E-state index contributed by atoms with van der Waals surface area (Å²) in [4.78, 5) is 1.45. The summed E-state index contributed by atoms with van der Waals surface area (Å²) in [7, 11) is 0. The second-order valence-corrected chi connectivity index (χ2v) is 4.96. The molecule has 0 aliphatic carbocycles. The van der Waals surface area contributed by atoms with E-state index in [0.717, 1.165) is 0 Å². The molecule has 16 heavy (non-hydrogen) atoms. The van der Waals surface area contributed by atoms with Crippen LogP contribution in [-0.4, -0.2) is 5.25 Å². The van der Waals surface area contributed by atoms with Gasteiger partial charge in [0, 0.05) is 5.25 Å². The second-order valence-electron chi connectivity index (χ2n) is 3.48. The molecule has 1 heterocycles. The SMILES string of the molecule is CC.CC1=CCC(/C=C/c2ccccc2)S1. The Morgan fingerprint density at radius 1 is 1.19 bits per heavy atom. The third kappa shape index (κ3) is 4.28. The van der Waals surface area contributed by atoms with Crippen LogP contribution in [-0.2, 0) is 0 Å². The van der Waals surface area contributed by atoms with Gasteiger partial charge in [0.15, 0.2) is 0 Å². The van der Waals surface area contributed by atoms with E-state index in [-0.39, 0.29) is 0 Å². The molecule has 0 N–H and O–H groups in total. The van der Waals surface area contributed by atoms with Crippen molar-refractivity contribution in [1.82, 2.24) is 0 Å². The zero-order chi connectivity index (χ0) is 11.8. The molecule has 1 heteroatoms. The van der Waals surface area contributed by atoms with Gasteiger partial charge >= 0.3 is 0 Å². The summed E-state index contributed by atoms with van der Waals surface area (Å²) in [6.07, 6.45) is 8.00. The minimum atomic E-state index is 0.648. The van der Waals surface area contributed by atoms with Crippen LogP contribution in [0.4, 0.5) is 0 Å². The lowest BCUT2D eigenvalue weighted by molar-refractivity contribution is 1.10. The van der Waals surface area contributed by atoms with Crippen LogP contribution in [0.25, 0.3) is 6.08 Å². The van der Waals surface area contributed by atoms with Crippen LogP contribution < -0.4 is 0 Å². The monoisotopic (exact) mass is 232 g/mol. The van der Waals surface area contributed by atoms with Crippen LogP contribution >= 0.6 is 11.8 Å². The van der Waals surface area contributed by atoms with Crippen LogP contribution in [0.3, 0.4) is 0 Å².